The lowest BCUT2D eigenvalue weighted by Gasteiger charge is -2.21. The van der Waals surface area contributed by atoms with Gasteiger partial charge >= 0.3 is 0 Å². The van der Waals surface area contributed by atoms with Crippen LogP contribution in [0, 0.1) is 11.6 Å². The van der Waals surface area contributed by atoms with Crippen molar-refractivity contribution in [3.05, 3.63) is 53.4 Å². The van der Waals surface area contributed by atoms with Gasteiger partial charge in [0.05, 0.1) is 36.4 Å². The highest BCUT2D eigenvalue weighted by Crippen LogP contribution is 2.45. The Morgan fingerprint density at radius 2 is 2.10 bits per heavy atom. The number of nitrogens with one attached hydrogen (secondary N) is 1. The van der Waals surface area contributed by atoms with Crippen molar-refractivity contribution in [2.75, 3.05) is 12.4 Å². The molecule has 3 rings (SSSR count). The molecular weight excluding hydrogens is 394 g/mol. The number of aliphatic hydroxyl groups excluding tert-OH is 1. The normalized spacial score (nSPS) is 21.3. The second-order valence-electron chi connectivity index (χ2n) is 7.98. The molecule has 0 radical (unpaired) electrons. The van der Waals surface area contributed by atoms with Crippen LogP contribution in [0.1, 0.15) is 56.9 Å². The first-order valence-corrected chi connectivity index (χ1v) is 9.81. The van der Waals surface area contributed by atoms with Gasteiger partial charge in [0.1, 0.15) is 6.10 Å². The first-order valence-electron chi connectivity index (χ1n) is 9.81. The first kappa shape index (κ1) is 22.1. The van der Waals surface area contributed by atoms with E-state index >= 15 is 0 Å². The summed E-state index contributed by atoms with van der Waals surface area (Å²) in [4.78, 5) is 17.2. The average molecular weight is 420 g/mol. The molecule has 8 heteroatoms. The number of amides is 1. The second kappa shape index (κ2) is 8.65. The summed E-state index contributed by atoms with van der Waals surface area (Å²) in [6.07, 6.45) is 0.811. The molecule has 30 heavy (non-hydrogen) atoms. The SMILES string of the molecule is CC[C@@H](O)c1ccc(NC(=O)[C@@H]2OC(C)(C)C[C@H]2c2ccc(F)c(F)c2OC)cn1. The van der Waals surface area contributed by atoms with Crippen LogP contribution in [0.4, 0.5) is 14.5 Å². The number of ether oxygens (including phenoxy) is 2. The third-order valence-electron chi connectivity index (χ3n) is 5.25. The lowest BCUT2D eigenvalue weighted by atomic mass is 9.86. The maximum atomic E-state index is 14.2. The lowest BCUT2D eigenvalue weighted by molar-refractivity contribution is -0.130. The van der Waals surface area contributed by atoms with Crippen molar-refractivity contribution in [1.82, 2.24) is 4.98 Å². The first-order chi connectivity index (χ1) is 14.2. The fourth-order valence-electron chi connectivity index (χ4n) is 3.77. The van der Waals surface area contributed by atoms with Gasteiger partial charge in [-0.3, -0.25) is 9.78 Å². The van der Waals surface area contributed by atoms with Crippen LogP contribution in [0.3, 0.4) is 0 Å². The number of aliphatic hydroxyl groups is 1. The summed E-state index contributed by atoms with van der Waals surface area (Å²) < 4.78 is 38.9. The Kier molecular flexibility index (Phi) is 6.38. The van der Waals surface area contributed by atoms with E-state index in [0.29, 0.717) is 29.8 Å². The number of methoxy groups -OCH3 is 1. The average Bonchev–Trinajstić information content (AvgIpc) is 3.05. The highest BCUT2D eigenvalue weighted by Gasteiger charge is 2.46. The number of carbonyl (C=O) groups excluding carboxylic acids is 1. The van der Waals surface area contributed by atoms with Gasteiger partial charge in [-0.25, -0.2) is 4.39 Å². The van der Waals surface area contributed by atoms with Crippen molar-refractivity contribution in [1.29, 1.82) is 0 Å². The topological polar surface area (TPSA) is 80.7 Å². The van der Waals surface area contributed by atoms with E-state index in [4.69, 9.17) is 9.47 Å². The molecule has 0 bridgehead atoms. The molecule has 2 N–H and O–H groups in total. The minimum absolute atomic E-state index is 0.223. The van der Waals surface area contributed by atoms with E-state index in [0.717, 1.165) is 6.07 Å². The van der Waals surface area contributed by atoms with E-state index in [2.05, 4.69) is 10.3 Å². The molecule has 1 aliphatic heterocycles. The van der Waals surface area contributed by atoms with Gasteiger partial charge in [0.15, 0.2) is 11.6 Å². The number of halogens is 2. The summed E-state index contributed by atoms with van der Waals surface area (Å²) in [6.45, 7) is 5.51. The molecule has 1 aliphatic rings. The molecule has 0 saturated carbocycles. The summed E-state index contributed by atoms with van der Waals surface area (Å²) in [5.41, 5.74) is 0.687. The molecule has 2 heterocycles. The van der Waals surface area contributed by atoms with Crippen LogP contribution in [-0.2, 0) is 9.53 Å². The highest BCUT2D eigenvalue weighted by molar-refractivity contribution is 5.95. The molecule has 0 unspecified atom stereocenters. The van der Waals surface area contributed by atoms with Crippen molar-refractivity contribution >= 4 is 11.6 Å². The molecule has 1 saturated heterocycles. The number of nitrogens with zero attached hydrogens (tertiary/aromatic N) is 1. The smallest absolute Gasteiger partial charge is 0.254 e. The number of carbonyl (C=O) groups is 1. The summed E-state index contributed by atoms with van der Waals surface area (Å²) in [7, 11) is 1.26. The maximum absolute atomic E-state index is 14.2. The third-order valence-corrected chi connectivity index (χ3v) is 5.25. The fraction of sp³-hybridized carbons (Fsp3) is 0.455. The van der Waals surface area contributed by atoms with E-state index in [-0.39, 0.29) is 5.75 Å². The zero-order chi connectivity index (χ0) is 22.1. The van der Waals surface area contributed by atoms with Gasteiger partial charge in [0.25, 0.3) is 5.91 Å². The van der Waals surface area contributed by atoms with Crippen molar-refractivity contribution in [3.8, 4) is 5.75 Å². The lowest BCUT2D eigenvalue weighted by Crippen LogP contribution is -2.33. The molecule has 162 valence electrons. The van der Waals surface area contributed by atoms with E-state index in [1.165, 1.54) is 19.4 Å². The van der Waals surface area contributed by atoms with E-state index in [1.807, 2.05) is 20.8 Å². The van der Waals surface area contributed by atoms with Crippen LogP contribution in [0.15, 0.2) is 30.5 Å². The molecule has 3 atom stereocenters. The number of anilines is 1. The van der Waals surface area contributed by atoms with Gasteiger partial charge in [0.2, 0.25) is 5.82 Å². The minimum Gasteiger partial charge on any atom is -0.493 e. The molecule has 0 aliphatic carbocycles. The van der Waals surface area contributed by atoms with E-state index in [1.54, 1.807) is 12.1 Å². The van der Waals surface area contributed by atoms with Gasteiger partial charge in [-0.2, -0.15) is 4.39 Å². The monoisotopic (exact) mass is 420 g/mol. The Hall–Kier alpha value is -2.58. The Morgan fingerprint density at radius 3 is 2.70 bits per heavy atom. The number of hydrogen-bond acceptors (Lipinski definition) is 5. The molecular formula is C22H26F2N2O4. The van der Waals surface area contributed by atoms with Crippen LogP contribution in [0.5, 0.6) is 5.75 Å². The fourth-order valence-corrected chi connectivity index (χ4v) is 3.77. The summed E-state index contributed by atoms with van der Waals surface area (Å²) >= 11 is 0. The van der Waals surface area contributed by atoms with Crippen LogP contribution in [0.25, 0.3) is 0 Å². The molecule has 1 fully saturated rings. The minimum atomic E-state index is -1.09. The standard InChI is InChI=1S/C22H26F2N2O4/c1-5-17(27)16-9-6-12(11-25-16)26-21(28)20-14(10-22(2,3)30-20)13-7-8-15(23)18(24)19(13)29-4/h6-9,11,14,17,20,27H,5,10H2,1-4H3,(H,26,28)/t14-,17+,20+/m0/s1. The molecule has 0 spiro atoms. The van der Waals surface area contributed by atoms with Crippen LogP contribution < -0.4 is 10.1 Å². The summed E-state index contributed by atoms with van der Waals surface area (Å²) in [5, 5.41) is 12.6. The van der Waals surface area contributed by atoms with Gasteiger partial charge in [-0.1, -0.05) is 13.0 Å². The van der Waals surface area contributed by atoms with Crippen LogP contribution in [-0.4, -0.2) is 34.8 Å². The molecule has 1 aromatic carbocycles. The number of rotatable bonds is 6. The zero-order valence-electron chi connectivity index (χ0n) is 17.4. The highest BCUT2D eigenvalue weighted by atomic mass is 19.2. The van der Waals surface area contributed by atoms with Crippen molar-refractivity contribution < 1.29 is 28.2 Å². The van der Waals surface area contributed by atoms with Crippen molar-refractivity contribution in [3.63, 3.8) is 0 Å². The Morgan fingerprint density at radius 1 is 1.37 bits per heavy atom. The van der Waals surface area contributed by atoms with Crippen LogP contribution >= 0.6 is 0 Å². The number of benzene rings is 1. The van der Waals surface area contributed by atoms with E-state index in [9.17, 15) is 18.7 Å². The van der Waals surface area contributed by atoms with E-state index < -0.39 is 41.3 Å². The second-order valence-corrected chi connectivity index (χ2v) is 7.98. The quantitative estimate of drug-likeness (QED) is 0.735. The maximum Gasteiger partial charge on any atom is 0.254 e. The predicted octanol–water partition coefficient (Wildman–Crippen LogP) is 4.10. The number of hydrogen-bond donors (Lipinski definition) is 2. The molecule has 1 aromatic heterocycles. The van der Waals surface area contributed by atoms with Gasteiger partial charge in [-0.05, 0) is 44.9 Å². The zero-order valence-corrected chi connectivity index (χ0v) is 17.4. The van der Waals surface area contributed by atoms with Gasteiger partial charge in [-0.15, -0.1) is 0 Å². The molecule has 6 nitrogen and oxygen atoms in total. The largest absolute Gasteiger partial charge is 0.493 e. The van der Waals surface area contributed by atoms with Crippen molar-refractivity contribution in [2.24, 2.45) is 0 Å². The van der Waals surface area contributed by atoms with Gasteiger partial charge in [0, 0.05) is 11.5 Å². The third kappa shape index (κ3) is 4.44. The number of aromatic nitrogens is 1. The summed E-state index contributed by atoms with van der Waals surface area (Å²) in [6, 6.07) is 5.73. The Labute approximate surface area is 174 Å². The van der Waals surface area contributed by atoms with Crippen LogP contribution in [0.2, 0.25) is 0 Å². The predicted molar refractivity (Wildman–Crippen MR) is 107 cm³/mol. The van der Waals surface area contributed by atoms with Crippen molar-refractivity contribution in [2.45, 2.75) is 57.3 Å². The van der Waals surface area contributed by atoms with Gasteiger partial charge < -0.3 is 19.9 Å². The molecule has 1 amide bonds. The number of pyridine rings is 1. The molecule has 2 aromatic rings. The Balaban J connectivity index is 1.86. The summed E-state index contributed by atoms with van der Waals surface area (Å²) in [5.74, 6) is -3.29. The Bertz CT molecular complexity index is 918.